The Hall–Kier alpha value is -2.05. The topological polar surface area (TPSA) is 46.5 Å². The molecule has 0 atom stereocenters. The molecule has 7 heteroatoms. The fourth-order valence-corrected chi connectivity index (χ4v) is 1.04. The number of rotatable bonds is 4. The molecule has 92 valence electrons. The largest absolute Gasteiger partial charge is 0.478 e. The van der Waals surface area contributed by atoms with Crippen molar-refractivity contribution in [2.45, 2.75) is 6.61 Å². The van der Waals surface area contributed by atoms with Crippen LogP contribution >= 0.6 is 0 Å². The van der Waals surface area contributed by atoms with Crippen LogP contribution in [0.25, 0.3) is 6.08 Å². The SMILES string of the molecule is O=C(O)/C=C/c1cc(OC(F)F)cc(F)c1F. The zero-order valence-corrected chi connectivity index (χ0v) is 8.16. The summed E-state index contributed by atoms with van der Waals surface area (Å²) in [6, 6.07) is 1.21. The van der Waals surface area contributed by atoms with Gasteiger partial charge in [0, 0.05) is 17.7 Å². The van der Waals surface area contributed by atoms with E-state index in [4.69, 9.17) is 5.11 Å². The standard InChI is InChI=1S/C10H6F4O3/c11-7-4-6(17-10(13)14)3-5(9(7)12)1-2-8(15)16/h1-4,10H,(H,15,16)/b2-1+. The highest BCUT2D eigenvalue weighted by atomic mass is 19.3. The monoisotopic (exact) mass is 250 g/mol. The molecule has 0 aromatic heterocycles. The average molecular weight is 250 g/mol. The van der Waals surface area contributed by atoms with Gasteiger partial charge in [0.2, 0.25) is 0 Å². The lowest BCUT2D eigenvalue weighted by Crippen LogP contribution is -2.03. The van der Waals surface area contributed by atoms with E-state index < -0.39 is 35.5 Å². The summed E-state index contributed by atoms with van der Waals surface area (Å²) in [6.07, 6.45) is 1.28. The molecule has 0 saturated carbocycles. The summed E-state index contributed by atoms with van der Waals surface area (Å²) in [6.45, 7) is -3.18. The van der Waals surface area contributed by atoms with Gasteiger partial charge in [-0.05, 0) is 12.1 Å². The Morgan fingerprint density at radius 3 is 2.53 bits per heavy atom. The van der Waals surface area contributed by atoms with E-state index in [1.807, 2.05) is 0 Å². The molecule has 17 heavy (non-hydrogen) atoms. The van der Waals surface area contributed by atoms with Crippen LogP contribution in [-0.4, -0.2) is 17.7 Å². The molecule has 0 aliphatic rings. The predicted molar refractivity (Wildman–Crippen MR) is 49.7 cm³/mol. The molecule has 0 fully saturated rings. The average Bonchev–Trinajstić information content (AvgIpc) is 2.20. The van der Waals surface area contributed by atoms with Gasteiger partial charge in [-0.2, -0.15) is 8.78 Å². The van der Waals surface area contributed by atoms with Crippen LogP contribution in [0.5, 0.6) is 5.75 Å². The van der Waals surface area contributed by atoms with Gasteiger partial charge < -0.3 is 9.84 Å². The Morgan fingerprint density at radius 1 is 1.35 bits per heavy atom. The van der Waals surface area contributed by atoms with E-state index in [1.165, 1.54) is 0 Å². The van der Waals surface area contributed by atoms with Crippen molar-refractivity contribution in [2.24, 2.45) is 0 Å². The third-order valence-corrected chi connectivity index (χ3v) is 1.66. The molecular weight excluding hydrogens is 244 g/mol. The summed E-state index contributed by atoms with van der Waals surface area (Å²) in [5, 5.41) is 8.30. The fraction of sp³-hybridized carbons (Fsp3) is 0.100. The van der Waals surface area contributed by atoms with Gasteiger partial charge in [0.1, 0.15) is 5.75 Å². The Balaban J connectivity index is 3.10. The van der Waals surface area contributed by atoms with E-state index in [1.54, 1.807) is 0 Å². The molecule has 3 nitrogen and oxygen atoms in total. The molecule has 0 saturated heterocycles. The van der Waals surface area contributed by atoms with Crippen molar-refractivity contribution >= 4 is 12.0 Å². The Morgan fingerprint density at radius 2 is 2.00 bits per heavy atom. The Bertz CT molecular complexity index is 457. The third-order valence-electron chi connectivity index (χ3n) is 1.66. The second-order valence-electron chi connectivity index (χ2n) is 2.86. The smallest absolute Gasteiger partial charge is 0.387 e. The van der Waals surface area contributed by atoms with Crippen molar-refractivity contribution in [2.75, 3.05) is 0 Å². The highest BCUT2D eigenvalue weighted by Gasteiger charge is 2.12. The van der Waals surface area contributed by atoms with Crippen LogP contribution in [0.15, 0.2) is 18.2 Å². The lowest BCUT2D eigenvalue weighted by molar-refractivity contribution is -0.131. The second kappa shape index (κ2) is 5.33. The highest BCUT2D eigenvalue weighted by molar-refractivity contribution is 5.85. The van der Waals surface area contributed by atoms with Gasteiger partial charge in [-0.25, -0.2) is 13.6 Å². The summed E-state index contributed by atoms with van der Waals surface area (Å²) < 4.78 is 53.6. The van der Waals surface area contributed by atoms with Gasteiger partial charge in [-0.15, -0.1) is 0 Å². The van der Waals surface area contributed by atoms with Crippen LogP contribution in [0.1, 0.15) is 5.56 Å². The second-order valence-corrected chi connectivity index (χ2v) is 2.86. The first kappa shape index (κ1) is 13.0. The number of hydrogen-bond acceptors (Lipinski definition) is 2. The molecule has 1 rings (SSSR count). The van der Waals surface area contributed by atoms with Crippen molar-refractivity contribution < 1.29 is 32.2 Å². The van der Waals surface area contributed by atoms with Gasteiger partial charge in [0.25, 0.3) is 0 Å². The number of alkyl halides is 2. The number of halogens is 4. The van der Waals surface area contributed by atoms with Gasteiger partial charge in [0.05, 0.1) is 0 Å². The number of ether oxygens (including phenoxy) is 1. The van der Waals surface area contributed by atoms with Crippen LogP contribution in [0.4, 0.5) is 17.6 Å². The molecule has 0 aliphatic heterocycles. The van der Waals surface area contributed by atoms with E-state index in [0.29, 0.717) is 12.1 Å². The van der Waals surface area contributed by atoms with E-state index in [9.17, 15) is 22.4 Å². The maximum absolute atomic E-state index is 13.1. The number of aliphatic carboxylic acids is 1. The molecule has 0 spiro atoms. The minimum atomic E-state index is -3.18. The molecule has 1 aromatic carbocycles. The predicted octanol–water partition coefficient (Wildman–Crippen LogP) is 2.66. The van der Waals surface area contributed by atoms with Crippen molar-refractivity contribution in [1.29, 1.82) is 0 Å². The summed E-state index contributed by atoms with van der Waals surface area (Å²) in [4.78, 5) is 10.2. The first-order valence-corrected chi connectivity index (χ1v) is 4.25. The highest BCUT2D eigenvalue weighted by Crippen LogP contribution is 2.23. The lowest BCUT2D eigenvalue weighted by Gasteiger charge is -2.06. The molecule has 1 N–H and O–H groups in total. The molecule has 0 bridgehead atoms. The van der Waals surface area contributed by atoms with Crippen LogP contribution in [0.3, 0.4) is 0 Å². The quantitative estimate of drug-likeness (QED) is 0.660. The molecular formula is C10H6F4O3. The van der Waals surface area contributed by atoms with Gasteiger partial charge in [-0.1, -0.05) is 0 Å². The molecule has 0 heterocycles. The minimum absolute atomic E-state index is 0.444. The molecule has 0 unspecified atom stereocenters. The third kappa shape index (κ3) is 3.78. The molecule has 0 aliphatic carbocycles. The first-order valence-electron chi connectivity index (χ1n) is 4.25. The molecule has 0 radical (unpaired) electrons. The van der Waals surface area contributed by atoms with E-state index >= 15 is 0 Å². The Labute approximate surface area is 92.9 Å². The number of carboxylic acid groups (broad SMARTS) is 1. The van der Waals surface area contributed by atoms with Crippen molar-refractivity contribution in [3.05, 3.63) is 35.4 Å². The van der Waals surface area contributed by atoms with Crippen molar-refractivity contribution in [3.63, 3.8) is 0 Å². The minimum Gasteiger partial charge on any atom is -0.478 e. The van der Waals surface area contributed by atoms with Crippen LogP contribution in [0, 0.1) is 11.6 Å². The zero-order chi connectivity index (χ0) is 13.0. The van der Waals surface area contributed by atoms with Crippen LogP contribution in [0.2, 0.25) is 0 Å². The summed E-state index contributed by atoms with van der Waals surface area (Å²) in [7, 11) is 0. The number of hydrogen-bond donors (Lipinski definition) is 1. The van der Waals surface area contributed by atoms with Crippen LogP contribution < -0.4 is 4.74 Å². The summed E-state index contributed by atoms with van der Waals surface area (Å²) in [5.41, 5.74) is -0.497. The number of carboxylic acids is 1. The number of carbonyl (C=O) groups is 1. The normalized spacial score (nSPS) is 11.1. The van der Waals surface area contributed by atoms with Crippen molar-refractivity contribution in [3.8, 4) is 5.75 Å². The molecule has 1 aromatic rings. The van der Waals surface area contributed by atoms with Gasteiger partial charge in [-0.3, -0.25) is 0 Å². The summed E-state index contributed by atoms with van der Waals surface area (Å²) in [5.74, 6) is -4.73. The van der Waals surface area contributed by atoms with E-state index in [-0.39, 0.29) is 0 Å². The molecule has 0 amide bonds. The number of benzene rings is 1. The van der Waals surface area contributed by atoms with E-state index in [0.717, 1.165) is 12.1 Å². The fourth-order valence-electron chi connectivity index (χ4n) is 1.04. The van der Waals surface area contributed by atoms with Crippen molar-refractivity contribution in [1.82, 2.24) is 0 Å². The zero-order valence-electron chi connectivity index (χ0n) is 8.16. The van der Waals surface area contributed by atoms with E-state index in [2.05, 4.69) is 4.74 Å². The maximum Gasteiger partial charge on any atom is 0.387 e. The first-order chi connectivity index (χ1) is 7.90. The van der Waals surface area contributed by atoms with Gasteiger partial charge in [0.15, 0.2) is 11.6 Å². The van der Waals surface area contributed by atoms with Crippen LogP contribution in [-0.2, 0) is 4.79 Å². The maximum atomic E-state index is 13.1. The summed E-state index contributed by atoms with van der Waals surface area (Å²) >= 11 is 0. The Kier molecular flexibility index (Phi) is 4.08. The lowest BCUT2D eigenvalue weighted by atomic mass is 10.2. The van der Waals surface area contributed by atoms with Gasteiger partial charge >= 0.3 is 12.6 Å².